The third kappa shape index (κ3) is 6.89. The average Bonchev–Trinajstić information content (AvgIpc) is 3.71. The van der Waals surface area contributed by atoms with E-state index in [1.54, 1.807) is 17.5 Å². The fourth-order valence-electron chi connectivity index (χ4n) is 5.57. The molecule has 0 aliphatic rings. The number of imidazole rings is 1. The maximum Gasteiger partial charge on any atom is 0.0774 e. The number of fused-ring (bicyclic) bond motifs is 2. The number of nitrogens with zero attached hydrogens (tertiary/aromatic N) is 3. The van der Waals surface area contributed by atoms with Crippen LogP contribution in [0, 0.1) is 11.4 Å². The van der Waals surface area contributed by atoms with Crippen molar-refractivity contribution in [1.82, 2.24) is 14.5 Å². The molecule has 3 nitrogen and oxygen atoms in total. The number of hydrogen-bond acceptors (Lipinski definition) is 3. The third-order valence-corrected chi connectivity index (χ3v) is 8.91. The van der Waals surface area contributed by atoms with E-state index in [9.17, 15) is 0 Å². The first-order valence-electron chi connectivity index (χ1n) is 15.4. The van der Waals surface area contributed by atoms with Gasteiger partial charge in [-0.15, -0.1) is 47.3 Å². The van der Waals surface area contributed by atoms with E-state index in [0.29, 0.717) is 0 Å². The van der Waals surface area contributed by atoms with Gasteiger partial charge in [-0.05, 0) is 52.6 Å². The number of para-hydroxylation sites is 2. The second-order valence-corrected chi connectivity index (χ2v) is 13.1. The summed E-state index contributed by atoms with van der Waals surface area (Å²) in [6.45, 7) is 6.76. The maximum absolute atomic E-state index is 5.07. The molecule has 233 valence electrons. The van der Waals surface area contributed by atoms with E-state index in [1.165, 1.54) is 26.8 Å². The molecule has 3 heterocycles. The van der Waals surface area contributed by atoms with E-state index in [0.717, 1.165) is 39.4 Å². The van der Waals surface area contributed by atoms with Crippen LogP contribution in [0.1, 0.15) is 26.3 Å². The zero-order chi connectivity index (χ0) is 31.5. The Labute approximate surface area is 294 Å². The Bertz CT molecular complexity index is 2180. The second-order valence-electron chi connectivity index (χ2n) is 12.2. The Balaban J connectivity index is 0.000000250. The van der Waals surface area contributed by atoms with Gasteiger partial charge in [-0.2, -0.15) is 0 Å². The molecule has 0 fully saturated rings. The van der Waals surface area contributed by atoms with Gasteiger partial charge in [0, 0.05) is 32.0 Å². The van der Waals surface area contributed by atoms with Crippen molar-refractivity contribution in [3.63, 3.8) is 0 Å². The van der Waals surface area contributed by atoms with Crippen LogP contribution in [0.15, 0.2) is 146 Å². The predicted molar refractivity (Wildman–Crippen MR) is 193 cm³/mol. The molecule has 0 atom stereocenters. The van der Waals surface area contributed by atoms with Crippen molar-refractivity contribution in [2.24, 2.45) is 0 Å². The van der Waals surface area contributed by atoms with Crippen LogP contribution in [0.2, 0.25) is 0 Å². The number of hydrogen-bond donors (Lipinski definition) is 0. The summed E-state index contributed by atoms with van der Waals surface area (Å²) in [4.78, 5) is 9.29. The summed E-state index contributed by atoms with van der Waals surface area (Å²) in [6, 6.07) is 51.2. The van der Waals surface area contributed by atoms with Crippen molar-refractivity contribution in [2.75, 3.05) is 0 Å². The molecule has 0 bridgehead atoms. The quantitative estimate of drug-likeness (QED) is 0.166. The van der Waals surface area contributed by atoms with Gasteiger partial charge in [0.15, 0.2) is 0 Å². The van der Waals surface area contributed by atoms with Crippen LogP contribution in [0.5, 0.6) is 0 Å². The van der Waals surface area contributed by atoms with Crippen molar-refractivity contribution < 1.29 is 20.1 Å². The van der Waals surface area contributed by atoms with E-state index in [1.807, 2.05) is 54.6 Å². The number of aromatic nitrogens is 3. The molecule has 0 saturated carbocycles. The zero-order valence-electron chi connectivity index (χ0n) is 26.4. The summed E-state index contributed by atoms with van der Waals surface area (Å²) >= 11 is 1.67. The molecule has 3 aromatic heterocycles. The van der Waals surface area contributed by atoms with Gasteiger partial charge in [0.1, 0.15) is 0 Å². The molecule has 5 heteroatoms. The molecule has 47 heavy (non-hydrogen) atoms. The van der Waals surface area contributed by atoms with Crippen LogP contribution in [0.3, 0.4) is 0 Å². The number of pyridine rings is 1. The molecule has 8 rings (SSSR count). The first-order chi connectivity index (χ1) is 22.5. The van der Waals surface area contributed by atoms with Crippen LogP contribution in [-0.2, 0) is 25.5 Å². The molecule has 0 unspecified atom stereocenters. The summed E-state index contributed by atoms with van der Waals surface area (Å²) in [5.41, 5.74) is 10.1. The summed E-state index contributed by atoms with van der Waals surface area (Å²) in [5, 5.41) is 4.78. The minimum atomic E-state index is 0. The van der Waals surface area contributed by atoms with Crippen LogP contribution in [-0.4, -0.2) is 14.5 Å². The van der Waals surface area contributed by atoms with Gasteiger partial charge < -0.3 is 9.55 Å². The Morgan fingerprint density at radius 3 is 2.15 bits per heavy atom. The Hall–Kier alpha value is -4.67. The molecule has 0 aliphatic heterocycles. The molecule has 0 aliphatic carbocycles. The molecule has 1 radical (unpaired) electrons. The average molecular weight is 804 g/mol. The maximum atomic E-state index is 5.07. The fourth-order valence-corrected chi connectivity index (χ4v) is 6.45. The summed E-state index contributed by atoms with van der Waals surface area (Å²) in [5.74, 6) is 0.934. The Morgan fingerprint density at radius 2 is 1.43 bits per heavy atom. The number of thiophene rings is 1. The predicted octanol–water partition coefficient (Wildman–Crippen LogP) is 11.2. The molecule has 0 spiro atoms. The molecule has 8 aromatic rings. The van der Waals surface area contributed by atoms with Gasteiger partial charge in [-0.25, -0.2) is 0 Å². The zero-order valence-corrected chi connectivity index (χ0v) is 29.7. The van der Waals surface area contributed by atoms with E-state index < -0.39 is 0 Å². The molecule has 0 N–H and O–H groups in total. The van der Waals surface area contributed by atoms with E-state index in [-0.39, 0.29) is 25.5 Å². The molecular weight excluding hydrogens is 771 g/mol. The van der Waals surface area contributed by atoms with Crippen molar-refractivity contribution in [1.29, 1.82) is 0 Å². The number of benzene rings is 5. The van der Waals surface area contributed by atoms with Crippen LogP contribution >= 0.6 is 11.3 Å². The van der Waals surface area contributed by atoms with Gasteiger partial charge in [-0.3, -0.25) is 16.3 Å². The van der Waals surface area contributed by atoms with Crippen LogP contribution in [0.25, 0.3) is 60.6 Å². The minimum Gasteiger partial charge on any atom is -0.333 e. The van der Waals surface area contributed by atoms with E-state index in [4.69, 9.17) is 4.98 Å². The monoisotopic (exact) mass is 804 g/mol. The fraction of sp³-hybridized carbons (Fsp3) is 0.0952. The van der Waals surface area contributed by atoms with Crippen LogP contribution in [0.4, 0.5) is 0 Å². The third-order valence-electron chi connectivity index (χ3n) is 8.05. The van der Waals surface area contributed by atoms with Gasteiger partial charge in [-0.1, -0.05) is 121 Å². The van der Waals surface area contributed by atoms with Crippen molar-refractivity contribution in [3.05, 3.63) is 163 Å². The SMILES string of the molecule is CC(C)(C)c1ccc2c(-c3nc4ccccc4n3-c3ccc(-c4ccccc4)cc3)[c-]sc2c1.[Ir].[c-]1ccccc1-c1ccccn1. The van der Waals surface area contributed by atoms with E-state index >= 15 is 0 Å². The smallest absolute Gasteiger partial charge is 0.0774 e. The largest absolute Gasteiger partial charge is 0.333 e. The molecule has 0 amide bonds. The van der Waals surface area contributed by atoms with Gasteiger partial charge >= 0.3 is 0 Å². The summed E-state index contributed by atoms with van der Waals surface area (Å²) in [7, 11) is 0. The van der Waals surface area contributed by atoms with Gasteiger partial charge in [0.25, 0.3) is 0 Å². The second kappa shape index (κ2) is 14.0. The molecular formula is C42H33IrN3S-2. The minimum absolute atomic E-state index is 0. The van der Waals surface area contributed by atoms with Gasteiger partial charge in [0.2, 0.25) is 0 Å². The topological polar surface area (TPSA) is 30.7 Å². The standard InChI is InChI=1S/C31H25N2S.C11H8N.Ir/c1-31(2,3)23-15-18-25-26(20-34-29(25)19-23)30-32-27-11-7-8-12-28(27)33(30)24-16-13-22(14-17-24)21-9-5-4-6-10-21;1-2-6-10(7-3-1)11-8-4-5-9-12-11;/h4-19H,1-3H3;1-6,8-9H;/q2*-1;. The Morgan fingerprint density at radius 1 is 0.702 bits per heavy atom. The Kier molecular flexibility index (Phi) is 9.60. The molecule has 5 aromatic carbocycles. The van der Waals surface area contributed by atoms with E-state index in [2.05, 4.69) is 127 Å². The van der Waals surface area contributed by atoms with Crippen molar-refractivity contribution in [3.8, 4) is 39.5 Å². The number of rotatable bonds is 4. The van der Waals surface area contributed by atoms with Gasteiger partial charge in [0.05, 0.1) is 16.9 Å². The normalized spacial score (nSPS) is 11.1. The summed E-state index contributed by atoms with van der Waals surface area (Å²) < 4.78 is 3.51. The van der Waals surface area contributed by atoms with Crippen LogP contribution < -0.4 is 0 Å². The van der Waals surface area contributed by atoms with Crippen molar-refractivity contribution >= 4 is 32.5 Å². The first-order valence-corrected chi connectivity index (χ1v) is 16.2. The van der Waals surface area contributed by atoms with Crippen molar-refractivity contribution in [2.45, 2.75) is 26.2 Å². The molecule has 0 saturated heterocycles. The first kappa shape index (κ1) is 32.3. The summed E-state index contributed by atoms with van der Waals surface area (Å²) in [6.07, 6.45) is 1.79.